The zero-order valence-corrected chi connectivity index (χ0v) is 13.2. The molecule has 1 fully saturated rings. The second kappa shape index (κ2) is 7.45. The summed E-state index contributed by atoms with van der Waals surface area (Å²) in [5.74, 6) is 0.985. The second-order valence-corrected chi connectivity index (χ2v) is 6.13. The van der Waals surface area contributed by atoms with Crippen LogP contribution in [0.3, 0.4) is 0 Å². The number of rotatable bonds is 4. The summed E-state index contributed by atoms with van der Waals surface area (Å²) in [6.07, 6.45) is 5.79. The summed E-state index contributed by atoms with van der Waals surface area (Å²) in [6.45, 7) is 1.55. The van der Waals surface area contributed by atoms with E-state index in [0.29, 0.717) is 12.1 Å². The van der Waals surface area contributed by atoms with E-state index in [1.165, 1.54) is 12.8 Å². The monoisotopic (exact) mass is 310 g/mol. The minimum Gasteiger partial charge on any atom is -0.468 e. The molecule has 1 aromatic heterocycles. The van der Waals surface area contributed by atoms with E-state index in [2.05, 4.69) is 11.0 Å². The highest BCUT2D eigenvalue weighted by atomic mass is 16.3. The van der Waals surface area contributed by atoms with Crippen molar-refractivity contribution in [2.24, 2.45) is 0 Å². The van der Waals surface area contributed by atoms with Gasteiger partial charge < -0.3 is 9.52 Å². The van der Waals surface area contributed by atoms with E-state index in [1.54, 1.807) is 18.4 Å². The topological polar surface area (TPSA) is 60.4 Å². The summed E-state index contributed by atoms with van der Waals surface area (Å²) in [4.78, 5) is 2.33. The van der Waals surface area contributed by atoms with E-state index in [9.17, 15) is 5.11 Å². The Morgan fingerprint density at radius 2 is 2.04 bits per heavy atom. The zero-order valence-electron chi connectivity index (χ0n) is 13.2. The average molecular weight is 310 g/mol. The lowest BCUT2D eigenvalue weighted by Crippen LogP contribution is -2.32. The summed E-state index contributed by atoms with van der Waals surface area (Å²) >= 11 is 0. The molecule has 4 heteroatoms. The van der Waals surface area contributed by atoms with Crippen LogP contribution in [-0.2, 0) is 0 Å². The van der Waals surface area contributed by atoms with Gasteiger partial charge in [0, 0.05) is 6.54 Å². The van der Waals surface area contributed by atoms with E-state index in [4.69, 9.17) is 9.68 Å². The molecule has 2 aromatic rings. The quantitative estimate of drug-likeness (QED) is 0.933. The molecule has 0 bridgehead atoms. The van der Waals surface area contributed by atoms with Gasteiger partial charge in [-0.15, -0.1) is 0 Å². The summed E-state index contributed by atoms with van der Waals surface area (Å²) < 4.78 is 5.62. The van der Waals surface area contributed by atoms with Gasteiger partial charge in [-0.25, -0.2) is 0 Å². The molecule has 2 atom stereocenters. The molecular formula is C19H22N2O2. The Morgan fingerprint density at radius 3 is 2.74 bits per heavy atom. The number of likely N-dealkylation sites (tertiary alicyclic amines) is 1. The summed E-state index contributed by atoms with van der Waals surface area (Å²) in [5.41, 5.74) is 1.47. The van der Waals surface area contributed by atoms with Crippen molar-refractivity contribution in [2.75, 3.05) is 13.1 Å². The largest absolute Gasteiger partial charge is 0.468 e. The molecule has 120 valence electrons. The first-order valence-corrected chi connectivity index (χ1v) is 8.23. The molecule has 3 rings (SSSR count). The Kier molecular flexibility index (Phi) is 5.12. The van der Waals surface area contributed by atoms with Crippen LogP contribution in [0.15, 0.2) is 47.1 Å². The lowest BCUT2D eigenvalue weighted by Gasteiger charge is -2.30. The number of hydrogen-bond acceptors (Lipinski definition) is 4. The number of nitrogens with zero attached hydrogens (tertiary/aromatic N) is 2. The molecule has 2 heterocycles. The van der Waals surface area contributed by atoms with Crippen LogP contribution < -0.4 is 0 Å². The van der Waals surface area contributed by atoms with Gasteiger partial charge in [0.05, 0.1) is 30.0 Å². The molecule has 1 N–H and O–H groups in total. The molecule has 0 saturated carbocycles. The van der Waals surface area contributed by atoms with Crippen molar-refractivity contribution < 1.29 is 9.52 Å². The van der Waals surface area contributed by atoms with Gasteiger partial charge in [0.25, 0.3) is 0 Å². The lowest BCUT2D eigenvalue weighted by molar-refractivity contribution is 0.0806. The Morgan fingerprint density at radius 1 is 1.22 bits per heavy atom. The van der Waals surface area contributed by atoms with E-state index in [1.807, 2.05) is 24.3 Å². The van der Waals surface area contributed by atoms with Gasteiger partial charge >= 0.3 is 0 Å². The maximum atomic E-state index is 10.6. The van der Waals surface area contributed by atoms with E-state index >= 15 is 0 Å². The van der Waals surface area contributed by atoms with E-state index < -0.39 is 6.10 Å². The van der Waals surface area contributed by atoms with Gasteiger partial charge in [0.2, 0.25) is 0 Å². The fourth-order valence-corrected chi connectivity index (χ4v) is 3.30. The molecule has 1 saturated heterocycles. The van der Waals surface area contributed by atoms with Gasteiger partial charge in [-0.1, -0.05) is 25.0 Å². The highest BCUT2D eigenvalue weighted by Crippen LogP contribution is 2.32. The van der Waals surface area contributed by atoms with Gasteiger partial charge in [0.1, 0.15) is 5.76 Å². The van der Waals surface area contributed by atoms with Crippen molar-refractivity contribution in [3.8, 4) is 6.07 Å². The van der Waals surface area contributed by atoms with Crippen molar-refractivity contribution in [1.82, 2.24) is 4.90 Å². The van der Waals surface area contributed by atoms with Gasteiger partial charge in [-0.3, -0.25) is 4.90 Å². The summed E-state index contributed by atoms with van der Waals surface area (Å²) in [7, 11) is 0. The smallest absolute Gasteiger partial charge is 0.120 e. The molecule has 1 aliphatic rings. The minimum absolute atomic E-state index is 0.237. The molecule has 2 unspecified atom stereocenters. The van der Waals surface area contributed by atoms with Crippen LogP contribution in [0.4, 0.5) is 0 Å². The van der Waals surface area contributed by atoms with Crippen molar-refractivity contribution in [2.45, 2.75) is 37.8 Å². The van der Waals surface area contributed by atoms with Crippen LogP contribution in [0, 0.1) is 11.3 Å². The predicted octanol–water partition coefficient (Wildman–Crippen LogP) is 3.80. The second-order valence-electron chi connectivity index (χ2n) is 6.13. The van der Waals surface area contributed by atoms with Crippen LogP contribution in [0.5, 0.6) is 0 Å². The van der Waals surface area contributed by atoms with Crippen LogP contribution in [0.1, 0.15) is 54.7 Å². The third kappa shape index (κ3) is 3.82. The molecule has 1 aliphatic heterocycles. The van der Waals surface area contributed by atoms with Crippen molar-refractivity contribution in [3.63, 3.8) is 0 Å². The summed E-state index contributed by atoms with van der Waals surface area (Å²) in [6, 6.07) is 13.5. The van der Waals surface area contributed by atoms with Crippen molar-refractivity contribution >= 4 is 0 Å². The fraction of sp³-hybridized carbons (Fsp3) is 0.421. The van der Waals surface area contributed by atoms with Crippen LogP contribution >= 0.6 is 0 Å². The van der Waals surface area contributed by atoms with Gasteiger partial charge in [-0.2, -0.15) is 5.26 Å². The first kappa shape index (κ1) is 15.8. The molecule has 0 spiro atoms. The fourth-order valence-electron chi connectivity index (χ4n) is 3.30. The molecule has 23 heavy (non-hydrogen) atoms. The SMILES string of the molecule is N#Cc1ccc(C(O)CN2CCCCCC2c2ccco2)cc1. The molecule has 0 aliphatic carbocycles. The lowest BCUT2D eigenvalue weighted by atomic mass is 10.0. The van der Waals surface area contributed by atoms with E-state index in [-0.39, 0.29) is 6.04 Å². The molecule has 4 nitrogen and oxygen atoms in total. The minimum atomic E-state index is -0.557. The number of aliphatic hydroxyl groups excluding tert-OH is 1. The average Bonchev–Trinajstić information content (AvgIpc) is 3.02. The Hall–Kier alpha value is -2.09. The third-order valence-electron chi connectivity index (χ3n) is 4.57. The van der Waals surface area contributed by atoms with Crippen molar-refractivity contribution in [1.29, 1.82) is 5.26 Å². The van der Waals surface area contributed by atoms with Crippen LogP contribution in [0.25, 0.3) is 0 Å². The maximum absolute atomic E-state index is 10.6. The third-order valence-corrected chi connectivity index (χ3v) is 4.57. The number of furan rings is 1. The predicted molar refractivity (Wildman–Crippen MR) is 87.6 cm³/mol. The first-order valence-electron chi connectivity index (χ1n) is 8.23. The van der Waals surface area contributed by atoms with Crippen molar-refractivity contribution in [3.05, 3.63) is 59.5 Å². The Labute approximate surface area is 137 Å². The highest BCUT2D eigenvalue weighted by molar-refractivity contribution is 5.32. The maximum Gasteiger partial charge on any atom is 0.120 e. The number of nitriles is 1. The standard InChI is InChI=1S/C19H22N2O2/c20-13-15-7-9-16(10-8-15)18(22)14-21-11-3-1-2-5-17(21)19-6-4-12-23-19/h4,6-10,12,17-18,22H,1-3,5,11,14H2. The molecular weight excluding hydrogens is 288 g/mol. The molecule has 0 amide bonds. The van der Waals surface area contributed by atoms with Crippen LogP contribution in [0.2, 0.25) is 0 Å². The highest BCUT2D eigenvalue weighted by Gasteiger charge is 2.26. The summed E-state index contributed by atoms with van der Waals surface area (Å²) in [5, 5.41) is 19.5. The molecule has 0 radical (unpaired) electrons. The number of β-amino-alcohol motifs (C(OH)–C–C–N with tert-alkyl or cyclic N) is 1. The number of aliphatic hydroxyl groups is 1. The van der Waals surface area contributed by atoms with Gasteiger partial charge in [-0.05, 0) is 49.2 Å². The number of benzene rings is 1. The van der Waals surface area contributed by atoms with Crippen LogP contribution in [-0.4, -0.2) is 23.1 Å². The number of hydrogen-bond donors (Lipinski definition) is 1. The Bertz CT molecular complexity index is 643. The zero-order chi connectivity index (χ0) is 16.1. The van der Waals surface area contributed by atoms with Gasteiger partial charge in [0.15, 0.2) is 0 Å². The van der Waals surface area contributed by atoms with E-state index in [0.717, 1.165) is 30.7 Å². The molecule has 1 aromatic carbocycles. The first-order chi connectivity index (χ1) is 11.3. The normalized spacial score (nSPS) is 20.6. The Balaban J connectivity index is 1.73.